The van der Waals surface area contributed by atoms with Gasteiger partial charge in [-0.25, -0.2) is 13.5 Å². The molecule has 1 aromatic heterocycles. The molecule has 0 fully saturated rings. The summed E-state index contributed by atoms with van der Waals surface area (Å²) >= 11 is 0. The monoisotopic (exact) mass is 457 g/mol. The molecular formula is C26H33F2N3O2. The van der Waals surface area contributed by atoms with E-state index in [4.69, 9.17) is 4.74 Å². The van der Waals surface area contributed by atoms with Gasteiger partial charge in [-0.1, -0.05) is 38.8 Å². The van der Waals surface area contributed by atoms with Crippen LogP contribution in [-0.4, -0.2) is 39.0 Å². The Hall–Kier alpha value is -2.77. The van der Waals surface area contributed by atoms with Crippen LogP contribution in [0.1, 0.15) is 50.8 Å². The highest BCUT2D eigenvalue weighted by Crippen LogP contribution is 2.33. The summed E-state index contributed by atoms with van der Waals surface area (Å²) in [5.41, 5.74) is 2.15. The predicted octanol–water partition coefficient (Wildman–Crippen LogP) is 6.01. The van der Waals surface area contributed by atoms with Gasteiger partial charge in [0.05, 0.1) is 23.0 Å². The van der Waals surface area contributed by atoms with Crippen LogP contribution in [0.5, 0.6) is 11.6 Å². The number of aromatic nitrogens is 2. The molecule has 2 aromatic carbocycles. The van der Waals surface area contributed by atoms with E-state index >= 15 is 0 Å². The Balaban J connectivity index is 1.98. The molecule has 7 heteroatoms. The van der Waals surface area contributed by atoms with Crippen LogP contribution in [0.15, 0.2) is 48.5 Å². The first-order valence-electron chi connectivity index (χ1n) is 11.6. The maximum absolute atomic E-state index is 14.4. The van der Waals surface area contributed by atoms with Crippen LogP contribution in [-0.2, 0) is 6.54 Å². The lowest BCUT2D eigenvalue weighted by Crippen LogP contribution is -2.33. The lowest BCUT2D eigenvalue weighted by molar-refractivity contribution is 0.0990. The fourth-order valence-corrected chi connectivity index (χ4v) is 3.82. The van der Waals surface area contributed by atoms with E-state index in [1.165, 1.54) is 18.2 Å². The van der Waals surface area contributed by atoms with Crippen LogP contribution < -0.4 is 4.74 Å². The van der Waals surface area contributed by atoms with E-state index in [-0.39, 0.29) is 11.6 Å². The topological polar surface area (TPSA) is 50.5 Å². The molecule has 0 unspecified atom stereocenters. The third-order valence-electron chi connectivity index (χ3n) is 5.53. The van der Waals surface area contributed by atoms with Crippen LogP contribution in [0.25, 0.3) is 5.69 Å². The number of para-hydroxylation sites is 1. The maximum atomic E-state index is 14.4. The summed E-state index contributed by atoms with van der Waals surface area (Å²) in [6.07, 6.45) is 3.28. The van der Waals surface area contributed by atoms with Gasteiger partial charge in [-0.3, -0.25) is 4.90 Å². The summed E-state index contributed by atoms with van der Waals surface area (Å²) in [4.78, 5) is 2.17. The largest absolute Gasteiger partial charge is 0.435 e. The number of halogens is 2. The number of benzene rings is 2. The SMILES string of the molecule is CCCC[C@H](O)CN(CCC)Cc1c(C)nn(-c2ccc(F)cc2)c1Oc1ccccc1F. The van der Waals surface area contributed by atoms with E-state index in [1.807, 2.05) is 6.92 Å². The van der Waals surface area contributed by atoms with Gasteiger partial charge in [0.2, 0.25) is 5.88 Å². The van der Waals surface area contributed by atoms with Crippen molar-refractivity contribution in [2.24, 2.45) is 0 Å². The van der Waals surface area contributed by atoms with Crippen molar-refractivity contribution in [3.05, 3.63) is 71.4 Å². The van der Waals surface area contributed by atoms with Crippen molar-refractivity contribution in [2.45, 2.75) is 59.1 Å². The number of aliphatic hydroxyl groups is 1. The second kappa shape index (κ2) is 11.9. The Labute approximate surface area is 194 Å². The van der Waals surface area contributed by atoms with Crippen LogP contribution >= 0.6 is 0 Å². The molecule has 0 saturated carbocycles. The Bertz CT molecular complexity index is 1020. The molecule has 3 rings (SSSR count). The summed E-state index contributed by atoms with van der Waals surface area (Å²) in [5, 5.41) is 15.1. The number of aliphatic hydroxyl groups excluding tert-OH is 1. The third-order valence-corrected chi connectivity index (χ3v) is 5.53. The molecule has 0 saturated heterocycles. The van der Waals surface area contributed by atoms with Crippen molar-refractivity contribution in [2.75, 3.05) is 13.1 Å². The minimum absolute atomic E-state index is 0.0898. The van der Waals surface area contributed by atoms with Gasteiger partial charge in [0.15, 0.2) is 11.6 Å². The second-order valence-electron chi connectivity index (χ2n) is 8.32. The minimum Gasteiger partial charge on any atom is -0.435 e. The fourth-order valence-electron chi connectivity index (χ4n) is 3.82. The summed E-state index contributed by atoms with van der Waals surface area (Å²) in [6.45, 7) is 7.90. The third kappa shape index (κ3) is 6.62. The van der Waals surface area contributed by atoms with Crippen molar-refractivity contribution in [1.29, 1.82) is 0 Å². The highest BCUT2D eigenvalue weighted by Gasteiger charge is 2.23. The van der Waals surface area contributed by atoms with E-state index in [1.54, 1.807) is 35.0 Å². The van der Waals surface area contributed by atoms with E-state index in [2.05, 4.69) is 23.8 Å². The summed E-state index contributed by atoms with van der Waals surface area (Å²) < 4.78 is 35.6. The molecule has 0 amide bonds. The molecule has 3 aromatic rings. The first kappa shape index (κ1) is 24.9. The fraction of sp³-hybridized carbons (Fsp3) is 0.423. The number of aryl methyl sites for hydroxylation is 1. The Morgan fingerprint density at radius 1 is 1.06 bits per heavy atom. The first-order chi connectivity index (χ1) is 15.9. The smallest absolute Gasteiger partial charge is 0.227 e. The standard InChI is InChI=1S/C26H33F2N3O2/c1-4-6-9-22(32)17-30(16-5-2)18-23-19(3)29-31(21-14-12-20(27)13-15-21)26(23)33-25-11-8-7-10-24(25)28/h7-8,10-15,22,32H,4-6,9,16-18H2,1-3H3/t22-/m0/s1. The summed E-state index contributed by atoms with van der Waals surface area (Å²) in [7, 11) is 0. The van der Waals surface area contributed by atoms with Gasteiger partial charge in [0, 0.05) is 13.1 Å². The van der Waals surface area contributed by atoms with Crippen LogP contribution in [0.4, 0.5) is 8.78 Å². The van der Waals surface area contributed by atoms with Gasteiger partial charge in [-0.2, -0.15) is 5.10 Å². The summed E-state index contributed by atoms with van der Waals surface area (Å²) in [6, 6.07) is 12.1. The van der Waals surface area contributed by atoms with Gasteiger partial charge >= 0.3 is 0 Å². The Kier molecular flexibility index (Phi) is 8.97. The maximum Gasteiger partial charge on any atom is 0.227 e. The van der Waals surface area contributed by atoms with Crippen molar-refractivity contribution in [3.63, 3.8) is 0 Å². The van der Waals surface area contributed by atoms with Crippen molar-refractivity contribution in [3.8, 4) is 17.3 Å². The van der Waals surface area contributed by atoms with Crippen LogP contribution in [0.3, 0.4) is 0 Å². The van der Waals surface area contributed by atoms with Crippen LogP contribution in [0.2, 0.25) is 0 Å². The Morgan fingerprint density at radius 2 is 1.79 bits per heavy atom. The molecule has 0 aliphatic heterocycles. The zero-order chi connectivity index (χ0) is 23.8. The van der Waals surface area contributed by atoms with Gasteiger partial charge in [-0.15, -0.1) is 0 Å². The first-order valence-corrected chi connectivity index (χ1v) is 11.6. The lowest BCUT2D eigenvalue weighted by atomic mass is 10.1. The molecule has 0 bridgehead atoms. The van der Waals surface area contributed by atoms with E-state index in [0.29, 0.717) is 24.7 Å². The molecule has 0 aliphatic rings. The molecule has 0 radical (unpaired) electrons. The number of unbranched alkanes of at least 4 members (excludes halogenated alkanes) is 1. The quantitative estimate of drug-likeness (QED) is 0.362. The Morgan fingerprint density at radius 3 is 2.45 bits per heavy atom. The van der Waals surface area contributed by atoms with E-state index in [9.17, 15) is 13.9 Å². The van der Waals surface area contributed by atoms with Gasteiger partial charge < -0.3 is 9.84 Å². The minimum atomic E-state index is -0.478. The average Bonchev–Trinajstić information content (AvgIpc) is 3.09. The predicted molar refractivity (Wildman–Crippen MR) is 126 cm³/mol. The molecule has 0 spiro atoms. The highest BCUT2D eigenvalue weighted by molar-refractivity contribution is 5.43. The van der Waals surface area contributed by atoms with Gasteiger partial charge in [0.1, 0.15) is 5.82 Å². The molecule has 1 atom stereocenters. The number of rotatable bonds is 12. The number of hydrogen-bond donors (Lipinski definition) is 1. The van der Waals surface area contributed by atoms with Gasteiger partial charge in [-0.05, 0) is 62.7 Å². The average molecular weight is 458 g/mol. The molecule has 178 valence electrons. The second-order valence-corrected chi connectivity index (χ2v) is 8.32. The van der Waals surface area contributed by atoms with Crippen molar-refractivity contribution >= 4 is 0 Å². The number of ether oxygens (including phenoxy) is 1. The normalized spacial score (nSPS) is 12.3. The van der Waals surface area contributed by atoms with Crippen LogP contribution in [0, 0.1) is 18.6 Å². The van der Waals surface area contributed by atoms with Crippen molar-refractivity contribution < 1.29 is 18.6 Å². The molecule has 5 nitrogen and oxygen atoms in total. The molecule has 0 aliphatic carbocycles. The highest BCUT2D eigenvalue weighted by atomic mass is 19.1. The molecular weight excluding hydrogens is 424 g/mol. The van der Waals surface area contributed by atoms with E-state index < -0.39 is 11.9 Å². The number of hydrogen-bond acceptors (Lipinski definition) is 4. The molecule has 1 heterocycles. The zero-order valence-electron chi connectivity index (χ0n) is 19.6. The molecule has 1 N–H and O–H groups in total. The lowest BCUT2D eigenvalue weighted by Gasteiger charge is -2.25. The van der Waals surface area contributed by atoms with E-state index in [0.717, 1.165) is 43.5 Å². The van der Waals surface area contributed by atoms with Gasteiger partial charge in [0.25, 0.3) is 0 Å². The van der Waals surface area contributed by atoms with Crippen molar-refractivity contribution in [1.82, 2.24) is 14.7 Å². The summed E-state index contributed by atoms with van der Waals surface area (Å²) in [5.74, 6) is -0.358. The molecule has 33 heavy (non-hydrogen) atoms. The number of nitrogens with zero attached hydrogens (tertiary/aromatic N) is 3. The zero-order valence-corrected chi connectivity index (χ0v) is 19.6.